The molecule has 1 heterocycles. The number of piperidine rings is 1. The van der Waals surface area contributed by atoms with Crippen molar-refractivity contribution in [3.63, 3.8) is 0 Å². The van der Waals surface area contributed by atoms with Crippen LogP contribution in [0.3, 0.4) is 0 Å². The minimum absolute atomic E-state index is 0.238. The topological polar surface area (TPSA) is 23.5 Å². The third-order valence-corrected chi connectivity index (χ3v) is 4.37. The summed E-state index contributed by atoms with van der Waals surface area (Å²) in [7, 11) is 0. The second kappa shape index (κ2) is 6.26. The van der Waals surface area contributed by atoms with Gasteiger partial charge in [-0.1, -0.05) is 19.9 Å². The van der Waals surface area contributed by atoms with Crippen molar-refractivity contribution in [2.45, 2.75) is 39.5 Å². The Morgan fingerprint density at radius 3 is 2.33 bits per heavy atom. The molecule has 1 aromatic carbocycles. The first kappa shape index (κ1) is 16.1. The summed E-state index contributed by atoms with van der Waals surface area (Å²) >= 11 is 0. The predicted molar refractivity (Wildman–Crippen MR) is 77.1 cm³/mol. The van der Waals surface area contributed by atoms with Crippen molar-refractivity contribution in [3.05, 3.63) is 29.3 Å². The summed E-state index contributed by atoms with van der Waals surface area (Å²) in [4.78, 5) is 1.82. The largest absolute Gasteiger partial charge is 0.418 e. The number of halogens is 3. The number of hydrogen-bond acceptors (Lipinski definition) is 2. The molecular weight excluding hydrogens is 279 g/mol. The molecule has 2 nitrogen and oxygen atoms in total. The Labute approximate surface area is 123 Å². The highest BCUT2D eigenvalue weighted by molar-refractivity contribution is 5.56. The number of rotatable bonds is 3. The predicted octanol–water partition coefficient (Wildman–Crippen LogP) is 4.07. The van der Waals surface area contributed by atoms with Crippen LogP contribution in [0, 0.1) is 11.8 Å². The molecule has 0 unspecified atom stereocenters. The first-order chi connectivity index (χ1) is 9.82. The van der Waals surface area contributed by atoms with Crippen LogP contribution in [0.4, 0.5) is 18.9 Å². The second-order valence-electron chi connectivity index (χ2n) is 6.08. The monoisotopic (exact) mass is 301 g/mol. The maximum absolute atomic E-state index is 13.2. The fourth-order valence-corrected chi connectivity index (χ4v) is 2.99. The maximum atomic E-state index is 13.2. The van der Waals surface area contributed by atoms with E-state index in [0.29, 0.717) is 30.5 Å². The molecule has 2 rings (SSSR count). The molecule has 0 atom stereocenters. The summed E-state index contributed by atoms with van der Waals surface area (Å²) in [6.45, 7) is 5.27. The van der Waals surface area contributed by atoms with E-state index in [1.807, 2.05) is 4.90 Å². The smallest absolute Gasteiger partial charge is 0.392 e. The van der Waals surface area contributed by atoms with Gasteiger partial charge in [0, 0.05) is 18.8 Å². The lowest BCUT2D eigenvalue weighted by Crippen LogP contribution is -2.36. The van der Waals surface area contributed by atoms with E-state index < -0.39 is 11.7 Å². The van der Waals surface area contributed by atoms with E-state index in [4.69, 9.17) is 5.11 Å². The molecule has 5 heteroatoms. The van der Waals surface area contributed by atoms with Gasteiger partial charge in [0.15, 0.2) is 0 Å². The Kier molecular flexibility index (Phi) is 4.81. The van der Waals surface area contributed by atoms with Crippen molar-refractivity contribution in [2.75, 3.05) is 18.0 Å². The molecular formula is C16H22F3NO. The van der Waals surface area contributed by atoms with Crippen LogP contribution in [0.1, 0.15) is 37.8 Å². The quantitative estimate of drug-likeness (QED) is 0.909. The third-order valence-electron chi connectivity index (χ3n) is 4.37. The van der Waals surface area contributed by atoms with Crippen LogP contribution in [-0.2, 0) is 12.8 Å². The molecule has 1 N–H and O–H groups in total. The van der Waals surface area contributed by atoms with Crippen molar-refractivity contribution < 1.29 is 18.3 Å². The molecule has 0 spiro atoms. The standard InChI is InChI=1S/C16H22F3NO/c1-11(2)13-5-7-20(8-6-13)15-4-3-12(10-21)9-14(15)16(17,18)19/h3-4,9,11,13,21H,5-8,10H2,1-2H3. The molecule has 0 aromatic heterocycles. The van der Waals surface area contributed by atoms with Gasteiger partial charge in [0.05, 0.1) is 12.2 Å². The lowest BCUT2D eigenvalue weighted by Gasteiger charge is -2.36. The van der Waals surface area contributed by atoms with Crippen LogP contribution in [0.2, 0.25) is 0 Å². The highest BCUT2D eigenvalue weighted by Gasteiger charge is 2.36. The number of aliphatic hydroxyl groups is 1. The molecule has 1 fully saturated rings. The lowest BCUT2D eigenvalue weighted by molar-refractivity contribution is -0.137. The molecule has 1 saturated heterocycles. The normalized spacial score (nSPS) is 17.6. The Bertz CT molecular complexity index is 477. The van der Waals surface area contributed by atoms with E-state index in [-0.39, 0.29) is 12.3 Å². The molecule has 1 aliphatic heterocycles. The maximum Gasteiger partial charge on any atom is 0.418 e. The molecule has 1 aliphatic rings. The molecule has 0 radical (unpaired) electrons. The van der Waals surface area contributed by atoms with E-state index in [0.717, 1.165) is 18.9 Å². The van der Waals surface area contributed by atoms with Crippen LogP contribution in [0.15, 0.2) is 18.2 Å². The summed E-state index contributed by atoms with van der Waals surface area (Å²) in [5, 5.41) is 9.04. The van der Waals surface area contributed by atoms with E-state index in [2.05, 4.69) is 13.8 Å². The first-order valence-corrected chi connectivity index (χ1v) is 7.39. The highest BCUT2D eigenvalue weighted by atomic mass is 19.4. The minimum atomic E-state index is -4.39. The fraction of sp³-hybridized carbons (Fsp3) is 0.625. The van der Waals surface area contributed by atoms with Crippen molar-refractivity contribution in [2.24, 2.45) is 11.8 Å². The lowest BCUT2D eigenvalue weighted by atomic mass is 9.86. The zero-order valence-electron chi connectivity index (χ0n) is 12.5. The SMILES string of the molecule is CC(C)C1CCN(c2ccc(CO)cc2C(F)(F)F)CC1. The molecule has 0 saturated carbocycles. The molecule has 21 heavy (non-hydrogen) atoms. The highest BCUT2D eigenvalue weighted by Crippen LogP contribution is 2.39. The summed E-state index contributed by atoms with van der Waals surface area (Å²) in [5.74, 6) is 1.17. The minimum Gasteiger partial charge on any atom is -0.392 e. The Morgan fingerprint density at radius 1 is 1.24 bits per heavy atom. The number of nitrogens with zero attached hydrogens (tertiary/aromatic N) is 1. The van der Waals surface area contributed by atoms with E-state index in [1.165, 1.54) is 6.07 Å². The van der Waals surface area contributed by atoms with Crippen LogP contribution in [0.25, 0.3) is 0 Å². The third kappa shape index (κ3) is 3.70. The van der Waals surface area contributed by atoms with Gasteiger partial charge in [0.1, 0.15) is 0 Å². The molecule has 0 bridgehead atoms. The number of hydrogen-bond donors (Lipinski definition) is 1. The van der Waals surface area contributed by atoms with Gasteiger partial charge in [0.2, 0.25) is 0 Å². The first-order valence-electron chi connectivity index (χ1n) is 7.39. The van der Waals surface area contributed by atoms with Gasteiger partial charge in [-0.2, -0.15) is 13.2 Å². The molecule has 118 valence electrons. The Hall–Kier alpha value is -1.23. The molecule has 1 aromatic rings. The van der Waals surface area contributed by atoms with Gasteiger partial charge in [-0.3, -0.25) is 0 Å². The van der Waals surface area contributed by atoms with E-state index >= 15 is 0 Å². The van der Waals surface area contributed by atoms with Crippen LogP contribution >= 0.6 is 0 Å². The number of anilines is 1. The van der Waals surface area contributed by atoms with Crippen molar-refractivity contribution in [1.82, 2.24) is 0 Å². The van der Waals surface area contributed by atoms with Gasteiger partial charge in [-0.05, 0) is 42.4 Å². The van der Waals surface area contributed by atoms with Gasteiger partial charge < -0.3 is 10.0 Å². The summed E-state index contributed by atoms with van der Waals surface area (Å²) in [6.07, 6.45) is -2.54. The number of alkyl halides is 3. The van der Waals surface area contributed by atoms with Crippen molar-refractivity contribution in [1.29, 1.82) is 0 Å². The zero-order chi connectivity index (χ0) is 15.6. The average Bonchev–Trinajstić information content (AvgIpc) is 2.46. The summed E-state index contributed by atoms with van der Waals surface area (Å²) in [6, 6.07) is 4.12. The molecule has 0 aliphatic carbocycles. The van der Waals surface area contributed by atoms with E-state index in [1.54, 1.807) is 6.07 Å². The summed E-state index contributed by atoms with van der Waals surface area (Å²) < 4.78 is 39.6. The Morgan fingerprint density at radius 2 is 1.86 bits per heavy atom. The second-order valence-corrected chi connectivity index (χ2v) is 6.08. The summed E-state index contributed by atoms with van der Waals surface area (Å²) in [5.41, 5.74) is -0.109. The van der Waals surface area contributed by atoms with Crippen LogP contribution in [0.5, 0.6) is 0 Å². The van der Waals surface area contributed by atoms with Gasteiger partial charge in [0.25, 0.3) is 0 Å². The van der Waals surface area contributed by atoms with E-state index in [9.17, 15) is 13.2 Å². The van der Waals surface area contributed by atoms with Crippen LogP contribution in [-0.4, -0.2) is 18.2 Å². The van der Waals surface area contributed by atoms with Crippen LogP contribution < -0.4 is 4.90 Å². The average molecular weight is 301 g/mol. The number of benzene rings is 1. The Balaban J connectivity index is 2.24. The molecule has 0 amide bonds. The zero-order valence-corrected chi connectivity index (χ0v) is 12.5. The van der Waals surface area contributed by atoms with Crippen molar-refractivity contribution in [3.8, 4) is 0 Å². The van der Waals surface area contributed by atoms with Crippen molar-refractivity contribution >= 4 is 5.69 Å². The fourth-order valence-electron chi connectivity index (χ4n) is 2.99. The van der Waals surface area contributed by atoms with Gasteiger partial charge in [-0.25, -0.2) is 0 Å². The number of aliphatic hydroxyl groups excluding tert-OH is 1. The van der Waals surface area contributed by atoms with Gasteiger partial charge in [-0.15, -0.1) is 0 Å². The van der Waals surface area contributed by atoms with Gasteiger partial charge >= 0.3 is 6.18 Å².